The summed E-state index contributed by atoms with van der Waals surface area (Å²) >= 11 is 0. The standard InChI is InChI=1S/C10H16N2O/c1-2-10-11-9(12-13-10)7-8-5-3-4-6-8/h8H,2-7H2,1H3. The van der Waals surface area contributed by atoms with Crippen molar-refractivity contribution in [2.75, 3.05) is 0 Å². The van der Waals surface area contributed by atoms with Crippen LogP contribution in [0.3, 0.4) is 0 Å². The molecule has 1 aromatic rings. The minimum absolute atomic E-state index is 0.771. The zero-order chi connectivity index (χ0) is 9.10. The molecule has 13 heavy (non-hydrogen) atoms. The molecule has 1 aromatic heterocycles. The van der Waals surface area contributed by atoms with Crippen molar-refractivity contribution in [2.24, 2.45) is 5.92 Å². The van der Waals surface area contributed by atoms with E-state index in [4.69, 9.17) is 4.52 Å². The van der Waals surface area contributed by atoms with E-state index in [2.05, 4.69) is 10.1 Å². The van der Waals surface area contributed by atoms with Crippen molar-refractivity contribution < 1.29 is 4.52 Å². The van der Waals surface area contributed by atoms with Crippen LogP contribution < -0.4 is 0 Å². The third-order valence-corrected chi connectivity index (χ3v) is 2.76. The fraction of sp³-hybridized carbons (Fsp3) is 0.800. The van der Waals surface area contributed by atoms with Crippen LogP contribution in [-0.2, 0) is 12.8 Å². The molecule has 0 atom stereocenters. The van der Waals surface area contributed by atoms with Crippen molar-refractivity contribution >= 4 is 0 Å². The van der Waals surface area contributed by atoms with Gasteiger partial charge in [-0.05, 0) is 5.92 Å². The van der Waals surface area contributed by atoms with E-state index in [0.717, 1.165) is 30.5 Å². The van der Waals surface area contributed by atoms with Gasteiger partial charge in [0.15, 0.2) is 5.82 Å². The van der Waals surface area contributed by atoms with E-state index in [-0.39, 0.29) is 0 Å². The number of aryl methyl sites for hydroxylation is 1. The van der Waals surface area contributed by atoms with Gasteiger partial charge in [-0.3, -0.25) is 0 Å². The molecule has 0 aliphatic heterocycles. The van der Waals surface area contributed by atoms with Crippen molar-refractivity contribution in [1.82, 2.24) is 10.1 Å². The molecule has 0 saturated heterocycles. The Balaban J connectivity index is 1.92. The van der Waals surface area contributed by atoms with E-state index in [9.17, 15) is 0 Å². The van der Waals surface area contributed by atoms with E-state index >= 15 is 0 Å². The molecule has 1 aliphatic carbocycles. The van der Waals surface area contributed by atoms with Gasteiger partial charge in [0.05, 0.1) is 0 Å². The van der Waals surface area contributed by atoms with Gasteiger partial charge in [0.1, 0.15) is 0 Å². The number of aromatic nitrogens is 2. The quantitative estimate of drug-likeness (QED) is 0.716. The van der Waals surface area contributed by atoms with Crippen molar-refractivity contribution in [3.8, 4) is 0 Å². The molecule has 1 aliphatic rings. The first-order valence-electron chi connectivity index (χ1n) is 5.20. The predicted octanol–water partition coefficient (Wildman–Crippen LogP) is 2.36. The predicted molar refractivity (Wildman–Crippen MR) is 49.3 cm³/mol. The Morgan fingerprint density at radius 1 is 1.38 bits per heavy atom. The summed E-state index contributed by atoms with van der Waals surface area (Å²) in [4.78, 5) is 4.31. The summed E-state index contributed by atoms with van der Waals surface area (Å²) in [6.07, 6.45) is 7.31. The lowest BCUT2D eigenvalue weighted by Gasteiger charge is -2.02. The molecule has 3 nitrogen and oxygen atoms in total. The van der Waals surface area contributed by atoms with E-state index in [0.29, 0.717) is 0 Å². The number of hydrogen-bond acceptors (Lipinski definition) is 3. The lowest BCUT2D eigenvalue weighted by molar-refractivity contribution is 0.372. The summed E-state index contributed by atoms with van der Waals surface area (Å²) in [7, 11) is 0. The molecular weight excluding hydrogens is 164 g/mol. The van der Waals surface area contributed by atoms with Crippen LogP contribution in [0.15, 0.2) is 4.52 Å². The van der Waals surface area contributed by atoms with Crippen LogP contribution in [0.2, 0.25) is 0 Å². The van der Waals surface area contributed by atoms with Crippen LogP contribution in [0.4, 0.5) is 0 Å². The minimum atomic E-state index is 0.771. The lowest BCUT2D eigenvalue weighted by Crippen LogP contribution is -2.00. The molecule has 0 unspecified atom stereocenters. The fourth-order valence-electron chi connectivity index (χ4n) is 1.99. The molecule has 72 valence electrons. The Labute approximate surface area is 78.5 Å². The summed E-state index contributed by atoms with van der Waals surface area (Å²) in [6.45, 7) is 2.03. The smallest absolute Gasteiger partial charge is 0.226 e. The maximum absolute atomic E-state index is 5.06. The maximum atomic E-state index is 5.06. The van der Waals surface area contributed by atoms with Gasteiger partial charge in [-0.2, -0.15) is 4.98 Å². The summed E-state index contributed by atoms with van der Waals surface area (Å²) in [5, 5.41) is 3.96. The lowest BCUT2D eigenvalue weighted by atomic mass is 10.0. The maximum Gasteiger partial charge on any atom is 0.226 e. The normalized spacial score (nSPS) is 18.2. The zero-order valence-corrected chi connectivity index (χ0v) is 8.12. The van der Waals surface area contributed by atoms with Crippen LogP contribution in [0.5, 0.6) is 0 Å². The number of nitrogens with zero attached hydrogens (tertiary/aromatic N) is 2. The van der Waals surface area contributed by atoms with E-state index in [1.54, 1.807) is 0 Å². The van der Waals surface area contributed by atoms with Crippen molar-refractivity contribution in [3.05, 3.63) is 11.7 Å². The Morgan fingerprint density at radius 3 is 2.77 bits per heavy atom. The highest BCUT2D eigenvalue weighted by Gasteiger charge is 2.17. The van der Waals surface area contributed by atoms with Gasteiger partial charge in [-0.25, -0.2) is 0 Å². The molecule has 1 fully saturated rings. The van der Waals surface area contributed by atoms with Crippen LogP contribution in [0.1, 0.15) is 44.3 Å². The van der Waals surface area contributed by atoms with Crippen molar-refractivity contribution in [2.45, 2.75) is 45.4 Å². The second-order valence-electron chi connectivity index (χ2n) is 3.81. The summed E-state index contributed by atoms with van der Waals surface area (Å²) in [6, 6.07) is 0. The largest absolute Gasteiger partial charge is 0.339 e. The van der Waals surface area contributed by atoms with E-state index in [1.165, 1.54) is 25.7 Å². The molecule has 0 aromatic carbocycles. The average molecular weight is 180 g/mol. The van der Waals surface area contributed by atoms with Gasteiger partial charge in [0.2, 0.25) is 5.89 Å². The highest BCUT2D eigenvalue weighted by molar-refractivity contribution is 4.89. The SMILES string of the molecule is CCc1nc(CC2CCCC2)no1. The summed E-state index contributed by atoms with van der Waals surface area (Å²) in [5.41, 5.74) is 0. The van der Waals surface area contributed by atoms with Crippen molar-refractivity contribution in [1.29, 1.82) is 0 Å². The van der Waals surface area contributed by atoms with Gasteiger partial charge in [0.25, 0.3) is 0 Å². The van der Waals surface area contributed by atoms with Gasteiger partial charge < -0.3 is 4.52 Å². The van der Waals surface area contributed by atoms with Gasteiger partial charge >= 0.3 is 0 Å². The monoisotopic (exact) mass is 180 g/mol. The third kappa shape index (κ3) is 2.08. The van der Waals surface area contributed by atoms with Gasteiger partial charge in [-0.15, -0.1) is 0 Å². The van der Waals surface area contributed by atoms with Gasteiger partial charge in [-0.1, -0.05) is 37.8 Å². The van der Waals surface area contributed by atoms with Crippen LogP contribution in [0.25, 0.3) is 0 Å². The minimum Gasteiger partial charge on any atom is -0.339 e. The van der Waals surface area contributed by atoms with Crippen LogP contribution in [0, 0.1) is 5.92 Å². The molecule has 2 rings (SSSR count). The van der Waals surface area contributed by atoms with E-state index in [1.807, 2.05) is 6.92 Å². The summed E-state index contributed by atoms with van der Waals surface area (Å²) in [5.74, 6) is 2.49. The highest BCUT2D eigenvalue weighted by Crippen LogP contribution is 2.27. The van der Waals surface area contributed by atoms with Crippen LogP contribution >= 0.6 is 0 Å². The molecule has 0 N–H and O–H groups in total. The topological polar surface area (TPSA) is 38.9 Å². The fourth-order valence-corrected chi connectivity index (χ4v) is 1.99. The molecule has 1 heterocycles. The van der Waals surface area contributed by atoms with Gasteiger partial charge in [0, 0.05) is 12.8 Å². The van der Waals surface area contributed by atoms with Crippen molar-refractivity contribution in [3.63, 3.8) is 0 Å². The van der Waals surface area contributed by atoms with Crippen LogP contribution in [-0.4, -0.2) is 10.1 Å². The first kappa shape index (κ1) is 8.73. The molecule has 0 bridgehead atoms. The van der Waals surface area contributed by atoms with E-state index < -0.39 is 0 Å². The number of rotatable bonds is 3. The highest BCUT2D eigenvalue weighted by atomic mass is 16.5. The molecule has 1 saturated carbocycles. The summed E-state index contributed by atoms with van der Waals surface area (Å²) < 4.78 is 5.06. The zero-order valence-electron chi connectivity index (χ0n) is 8.12. The Morgan fingerprint density at radius 2 is 2.15 bits per heavy atom. The first-order chi connectivity index (χ1) is 6.38. The second kappa shape index (κ2) is 3.90. The number of hydrogen-bond donors (Lipinski definition) is 0. The third-order valence-electron chi connectivity index (χ3n) is 2.76. The molecule has 0 amide bonds. The molecular formula is C10H16N2O. The second-order valence-corrected chi connectivity index (χ2v) is 3.81. The Bertz CT molecular complexity index is 264. The molecule has 3 heteroatoms. The Hall–Kier alpha value is -0.860. The Kier molecular flexibility index (Phi) is 2.62. The molecule has 0 radical (unpaired) electrons. The average Bonchev–Trinajstić information content (AvgIpc) is 2.76. The first-order valence-corrected chi connectivity index (χ1v) is 5.20. The molecule has 0 spiro atoms.